The van der Waals surface area contributed by atoms with Crippen molar-refractivity contribution in [3.63, 3.8) is 0 Å². The zero-order chi connectivity index (χ0) is 15.7. The molecule has 1 aliphatic rings. The Balaban J connectivity index is 1.78. The van der Waals surface area contributed by atoms with Crippen molar-refractivity contribution >= 4 is 11.4 Å². The van der Waals surface area contributed by atoms with Crippen molar-refractivity contribution in [3.8, 4) is 0 Å². The number of ether oxygens (including phenoxy) is 1. The van der Waals surface area contributed by atoms with Crippen LogP contribution in [-0.2, 0) is 11.3 Å². The molecule has 1 aliphatic heterocycles. The number of anilines is 2. The zero-order valence-electron chi connectivity index (χ0n) is 11.3. The van der Waals surface area contributed by atoms with E-state index in [1.165, 1.54) is 17.1 Å². The van der Waals surface area contributed by atoms with Crippen LogP contribution in [0.1, 0.15) is 12.8 Å². The number of aromatic nitrogens is 3. The average Bonchev–Trinajstić information content (AvgIpc) is 3.14. The number of nitrogens with zero attached hydrogens (tertiary/aromatic N) is 3. The molecule has 1 unspecified atom stereocenters. The largest absolute Gasteiger partial charge is 0.376 e. The van der Waals surface area contributed by atoms with Gasteiger partial charge in [0.2, 0.25) is 11.6 Å². The van der Waals surface area contributed by atoms with E-state index in [2.05, 4.69) is 15.4 Å². The summed E-state index contributed by atoms with van der Waals surface area (Å²) in [6.07, 6.45) is 4.69. The van der Waals surface area contributed by atoms with E-state index >= 15 is 0 Å². The number of hydrogen-bond donors (Lipinski definition) is 1. The van der Waals surface area contributed by atoms with Gasteiger partial charge in [0.15, 0.2) is 0 Å². The first-order valence-corrected chi connectivity index (χ1v) is 6.65. The van der Waals surface area contributed by atoms with Gasteiger partial charge in [-0.15, -0.1) is 0 Å². The molecule has 0 radical (unpaired) electrons. The molecule has 0 spiro atoms. The lowest BCUT2D eigenvalue weighted by Gasteiger charge is -2.09. The molecule has 9 heteroatoms. The molecule has 2 aromatic heterocycles. The van der Waals surface area contributed by atoms with Crippen molar-refractivity contribution in [2.75, 3.05) is 11.9 Å². The Labute approximate surface area is 122 Å². The van der Waals surface area contributed by atoms with Crippen LogP contribution in [0.4, 0.5) is 28.9 Å². The highest BCUT2D eigenvalue weighted by atomic mass is 19.2. The predicted octanol–water partition coefficient (Wildman–Crippen LogP) is 2.76. The monoisotopic (exact) mass is 316 g/mol. The molecule has 1 saturated heterocycles. The van der Waals surface area contributed by atoms with Crippen molar-refractivity contribution in [1.29, 1.82) is 0 Å². The van der Waals surface area contributed by atoms with Crippen molar-refractivity contribution in [2.45, 2.75) is 25.5 Å². The second-order valence-corrected chi connectivity index (χ2v) is 4.91. The highest BCUT2D eigenvalue weighted by Gasteiger charge is 2.21. The van der Waals surface area contributed by atoms with Crippen LogP contribution < -0.4 is 5.32 Å². The van der Waals surface area contributed by atoms with E-state index in [1.807, 2.05) is 0 Å². The molecule has 0 saturated carbocycles. The fourth-order valence-electron chi connectivity index (χ4n) is 2.27. The molecule has 0 aliphatic carbocycles. The summed E-state index contributed by atoms with van der Waals surface area (Å²) in [5, 5.41) is 6.28. The molecule has 0 aromatic carbocycles. The molecule has 1 N–H and O–H groups in total. The normalized spacial score (nSPS) is 17.9. The fourth-order valence-corrected chi connectivity index (χ4v) is 2.27. The van der Waals surface area contributed by atoms with E-state index in [-0.39, 0.29) is 11.8 Å². The van der Waals surface area contributed by atoms with Gasteiger partial charge < -0.3 is 10.1 Å². The van der Waals surface area contributed by atoms with E-state index in [9.17, 15) is 17.6 Å². The Hall–Kier alpha value is -2.16. The Morgan fingerprint density at radius 1 is 1.23 bits per heavy atom. The summed E-state index contributed by atoms with van der Waals surface area (Å²) in [7, 11) is 0. The first-order valence-electron chi connectivity index (χ1n) is 6.65. The minimum Gasteiger partial charge on any atom is -0.376 e. The van der Waals surface area contributed by atoms with Crippen molar-refractivity contribution in [3.05, 3.63) is 35.9 Å². The lowest BCUT2D eigenvalue weighted by Crippen LogP contribution is -2.15. The standard InChI is InChI=1S/C13H12F4N4O/c14-9-11(10(15)13(17)20-12(9)16)19-7-4-18-21(5-7)6-8-2-1-3-22-8/h4-5,8H,1-3,6H2,(H,19,20). The van der Waals surface area contributed by atoms with Crippen molar-refractivity contribution in [2.24, 2.45) is 0 Å². The summed E-state index contributed by atoms with van der Waals surface area (Å²) in [6, 6.07) is 0. The molecule has 0 amide bonds. The quantitative estimate of drug-likeness (QED) is 0.696. The van der Waals surface area contributed by atoms with Crippen LogP contribution in [0.2, 0.25) is 0 Å². The summed E-state index contributed by atoms with van der Waals surface area (Å²) in [4.78, 5) is 2.49. The molecular formula is C13H12F4N4O. The summed E-state index contributed by atoms with van der Waals surface area (Å²) < 4.78 is 60.0. The van der Waals surface area contributed by atoms with Crippen LogP contribution in [-0.4, -0.2) is 27.5 Å². The Kier molecular flexibility index (Phi) is 3.97. The van der Waals surface area contributed by atoms with E-state index in [4.69, 9.17) is 4.74 Å². The topological polar surface area (TPSA) is 52.0 Å². The van der Waals surface area contributed by atoms with Crippen molar-refractivity contribution in [1.82, 2.24) is 14.8 Å². The van der Waals surface area contributed by atoms with E-state index in [0.29, 0.717) is 13.2 Å². The number of halogens is 4. The van der Waals surface area contributed by atoms with E-state index in [1.54, 1.807) is 0 Å². The van der Waals surface area contributed by atoms with Crippen LogP contribution in [0, 0.1) is 23.5 Å². The van der Waals surface area contributed by atoms with Crippen LogP contribution >= 0.6 is 0 Å². The molecule has 5 nitrogen and oxygen atoms in total. The third-order valence-electron chi connectivity index (χ3n) is 3.31. The highest BCUT2D eigenvalue weighted by Crippen LogP contribution is 2.25. The summed E-state index contributed by atoms with van der Waals surface area (Å²) in [5.74, 6) is -6.61. The predicted molar refractivity (Wildman–Crippen MR) is 68.6 cm³/mol. The van der Waals surface area contributed by atoms with Crippen molar-refractivity contribution < 1.29 is 22.3 Å². The molecular weight excluding hydrogens is 304 g/mol. The third kappa shape index (κ3) is 2.89. The first-order chi connectivity index (χ1) is 10.5. The molecule has 3 heterocycles. The second kappa shape index (κ2) is 5.91. The van der Waals surface area contributed by atoms with Gasteiger partial charge >= 0.3 is 0 Å². The van der Waals surface area contributed by atoms with Crippen LogP contribution in [0.3, 0.4) is 0 Å². The lowest BCUT2D eigenvalue weighted by atomic mass is 10.2. The summed E-state index contributed by atoms with van der Waals surface area (Å²) in [6.45, 7) is 1.19. The number of rotatable bonds is 4. The SMILES string of the molecule is Fc1nc(F)c(F)c(Nc2cnn(CC3CCCO3)c2)c1F. The maximum atomic E-state index is 13.5. The molecule has 1 fully saturated rings. The Morgan fingerprint density at radius 3 is 2.59 bits per heavy atom. The first kappa shape index (κ1) is 14.8. The molecule has 1 atom stereocenters. The number of pyridine rings is 1. The van der Waals surface area contributed by atoms with E-state index < -0.39 is 29.2 Å². The highest BCUT2D eigenvalue weighted by molar-refractivity contribution is 5.59. The Bertz CT molecular complexity index is 659. The van der Waals surface area contributed by atoms with Gasteiger partial charge in [-0.25, -0.2) is 0 Å². The second-order valence-electron chi connectivity index (χ2n) is 4.91. The zero-order valence-corrected chi connectivity index (χ0v) is 11.3. The van der Waals surface area contributed by atoms with Gasteiger partial charge in [0.25, 0.3) is 11.9 Å². The molecule has 0 bridgehead atoms. The molecule has 22 heavy (non-hydrogen) atoms. The molecule has 3 rings (SSSR count). The smallest absolute Gasteiger partial charge is 0.253 e. The van der Waals surface area contributed by atoms with Gasteiger partial charge in [0.1, 0.15) is 5.69 Å². The van der Waals surface area contributed by atoms with Crippen LogP contribution in [0.25, 0.3) is 0 Å². The van der Waals surface area contributed by atoms with Gasteiger partial charge in [-0.2, -0.15) is 27.6 Å². The maximum Gasteiger partial charge on any atom is 0.253 e. The lowest BCUT2D eigenvalue weighted by molar-refractivity contribution is 0.0940. The van der Waals surface area contributed by atoms with Gasteiger partial charge in [0, 0.05) is 12.8 Å². The average molecular weight is 316 g/mol. The molecule has 2 aromatic rings. The van der Waals surface area contributed by atoms with Gasteiger partial charge in [-0.05, 0) is 12.8 Å². The third-order valence-corrected chi connectivity index (χ3v) is 3.31. The number of nitrogens with one attached hydrogen (secondary N) is 1. The van der Waals surface area contributed by atoms with Crippen LogP contribution in [0.5, 0.6) is 0 Å². The minimum absolute atomic E-state index is 0.0389. The summed E-state index contributed by atoms with van der Waals surface area (Å²) >= 11 is 0. The van der Waals surface area contributed by atoms with Gasteiger partial charge in [-0.1, -0.05) is 0 Å². The number of hydrogen-bond acceptors (Lipinski definition) is 4. The molecule has 118 valence electrons. The van der Waals surface area contributed by atoms with Gasteiger partial charge in [0.05, 0.1) is 24.5 Å². The maximum absolute atomic E-state index is 13.5. The fraction of sp³-hybridized carbons (Fsp3) is 0.385. The Morgan fingerprint density at radius 2 is 1.95 bits per heavy atom. The van der Waals surface area contributed by atoms with E-state index in [0.717, 1.165) is 12.8 Å². The summed E-state index contributed by atoms with van der Waals surface area (Å²) in [5.41, 5.74) is -0.748. The minimum atomic E-state index is -1.71. The van der Waals surface area contributed by atoms with Gasteiger partial charge in [-0.3, -0.25) is 4.68 Å². The van der Waals surface area contributed by atoms with Crippen LogP contribution in [0.15, 0.2) is 12.4 Å².